The molecule has 0 amide bonds. The first-order valence-electron chi connectivity index (χ1n) is 6.55. The number of benzene rings is 1. The predicted molar refractivity (Wildman–Crippen MR) is 72.9 cm³/mol. The highest BCUT2D eigenvalue weighted by Gasteiger charge is 2.30. The van der Waals surface area contributed by atoms with Crippen LogP contribution in [0.5, 0.6) is 5.75 Å². The van der Waals surface area contributed by atoms with Crippen LogP contribution in [0, 0.1) is 5.82 Å². The Kier molecular flexibility index (Phi) is 2.30. The number of rotatable bonds is 2. The standard InChI is InChI=1S/C15H12FN3O/c16-10-2-1-3-13(20)14(10)15-18-11-8-17-7-6-12(11)19(15)9-4-5-9/h1-3,6-9,20H,4-5H2. The molecule has 4 rings (SSSR count). The first-order chi connectivity index (χ1) is 9.75. The molecular weight excluding hydrogens is 257 g/mol. The van der Waals surface area contributed by atoms with Crippen LogP contribution in [0.3, 0.4) is 0 Å². The zero-order valence-corrected chi connectivity index (χ0v) is 10.6. The molecule has 0 atom stereocenters. The molecule has 0 unspecified atom stereocenters. The van der Waals surface area contributed by atoms with Crippen LogP contribution in [0.2, 0.25) is 0 Å². The first kappa shape index (κ1) is 11.4. The number of aromatic hydroxyl groups is 1. The Morgan fingerprint density at radius 1 is 1.25 bits per heavy atom. The number of phenols is 1. The fraction of sp³-hybridized carbons (Fsp3) is 0.200. The molecular formula is C15H12FN3O. The summed E-state index contributed by atoms with van der Waals surface area (Å²) in [5.74, 6) is -0.0727. The lowest BCUT2D eigenvalue weighted by Gasteiger charge is -2.09. The van der Waals surface area contributed by atoms with E-state index in [4.69, 9.17) is 0 Å². The molecule has 1 N–H and O–H groups in total. The van der Waals surface area contributed by atoms with Crippen LogP contribution < -0.4 is 0 Å². The summed E-state index contributed by atoms with van der Waals surface area (Å²) in [5.41, 5.74) is 1.81. The van der Waals surface area contributed by atoms with Gasteiger partial charge in [-0.25, -0.2) is 9.37 Å². The van der Waals surface area contributed by atoms with Crippen LogP contribution in [0.1, 0.15) is 18.9 Å². The Morgan fingerprint density at radius 2 is 2.10 bits per heavy atom. The van der Waals surface area contributed by atoms with E-state index in [1.807, 2.05) is 10.6 Å². The van der Waals surface area contributed by atoms with Crippen molar-refractivity contribution in [3.05, 3.63) is 42.5 Å². The van der Waals surface area contributed by atoms with Gasteiger partial charge in [-0.05, 0) is 31.0 Å². The molecule has 0 aliphatic heterocycles. The molecule has 1 aromatic carbocycles. The first-order valence-corrected chi connectivity index (χ1v) is 6.55. The minimum Gasteiger partial charge on any atom is -0.507 e. The average molecular weight is 269 g/mol. The van der Waals surface area contributed by atoms with E-state index in [1.165, 1.54) is 18.2 Å². The third kappa shape index (κ3) is 1.59. The Labute approximate surface area is 114 Å². The van der Waals surface area contributed by atoms with E-state index in [1.54, 1.807) is 12.4 Å². The van der Waals surface area contributed by atoms with Gasteiger partial charge in [0.15, 0.2) is 0 Å². The molecule has 0 bridgehead atoms. The summed E-state index contributed by atoms with van der Waals surface area (Å²) in [6.45, 7) is 0. The molecule has 1 saturated carbocycles. The Morgan fingerprint density at radius 3 is 2.85 bits per heavy atom. The molecule has 3 aromatic rings. The molecule has 2 aromatic heterocycles. The average Bonchev–Trinajstić information content (AvgIpc) is 3.19. The van der Waals surface area contributed by atoms with Gasteiger partial charge < -0.3 is 9.67 Å². The van der Waals surface area contributed by atoms with Crippen molar-refractivity contribution in [2.24, 2.45) is 0 Å². The number of hydrogen-bond donors (Lipinski definition) is 1. The van der Waals surface area contributed by atoms with Crippen molar-refractivity contribution >= 4 is 11.0 Å². The number of hydrogen-bond acceptors (Lipinski definition) is 3. The van der Waals surface area contributed by atoms with Crippen molar-refractivity contribution in [1.29, 1.82) is 0 Å². The van der Waals surface area contributed by atoms with Gasteiger partial charge >= 0.3 is 0 Å². The summed E-state index contributed by atoms with van der Waals surface area (Å²) >= 11 is 0. The Balaban J connectivity index is 2.07. The third-order valence-corrected chi connectivity index (χ3v) is 3.62. The van der Waals surface area contributed by atoms with E-state index in [-0.39, 0.29) is 11.3 Å². The number of halogens is 1. The van der Waals surface area contributed by atoms with E-state index in [2.05, 4.69) is 9.97 Å². The van der Waals surface area contributed by atoms with Gasteiger partial charge in [-0.2, -0.15) is 0 Å². The number of pyridine rings is 1. The van der Waals surface area contributed by atoms with Crippen LogP contribution in [-0.2, 0) is 0 Å². The molecule has 0 radical (unpaired) electrons. The number of nitrogens with zero attached hydrogens (tertiary/aromatic N) is 3. The van der Waals surface area contributed by atoms with Gasteiger partial charge in [-0.15, -0.1) is 0 Å². The van der Waals surface area contributed by atoms with Gasteiger partial charge in [0.1, 0.15) is 22.9 Å². The smallest absolute Gasteiger partial charge is 0.148 e. The van der Waals surface area contributed by atoms with Gasteiger partial charge in [0.05, 0.1) is 17.3 Å². The molecule has 0 saturated heterocycles. The van der Waals surface area contributed by atoms with Gasteiger partial charge in [-0.3, -0.25) is 4.98 Å². The highest BCUT2D eigenvalue weighted by Crippen LogP contribution is 2.43. The fourth-order valence-corrected chi connectivity index (χ4v) is 2.56. The van der Waals surface area contributed by atoms with E-state index in [0.29, 0.717) is 11.9 Å². The maximum Gasteiger partial charge on any atom is 0.148 e. The number of aromatic nitrogens is 3. The summed E-state index contributed by atoms with van der Waals surface area (Å²) in [6.07, 6.45) is 5.47. The number of fused-ring (bicyclic) bond motifs is 1. The Hall–Kier alpha value is -2.43. The van der Waals surface area contributed by atoms with Crippen LogP contribution in [0.15, 0.2) is 36.7 Å². The third-order valence-electron chi connectivity index (χ3n) is 3.62. The van der Waals surface area contributed by atoms with Crippen molar-refractivity contribution in [2.45, 2.75) is 18.9 Å². The molecule has 0 spiro atoms. The van der Waals surface area contributed by atoms with Crippen LogP contribution in [0.25, 0.3) is 22.4 Å². The van der Waals surface area contributed by atoms with Crippen molar-refractivity contribution in [1.82, 2.24) is 14.5 Å². The molecule has 1 aliphatic rings. The molecule has 5 heteroatoms. The Bertz CT molecular complexity index is 788. The largest absolute Gasteiger partial charge is 0.507 e. The highest BCUT2D eigenvalue weighted by molar-refractivity contribution is 5.81. The lowest BCUT2D eigenvalue weighted by molar-refractivity contribution is 0.470. The van der Waals surface area contributed by atoms with Gasteiger partial charge in [-0.1, -0.05) is 6.07 Å². The summed E-state index contributed by atoms with van der Waals surface area (Å²) in [7, 11) is 0. The van der Waals surface area contributed by atoms with Gasteiger partial charge in [0.2, 0.25) is 0 Å². The minimum atomic E-state index is -0.463. The van der Waals surface area contributed by atoms with Crippen molar-refractivity contribution in [3.8, 4) is 17.1 Å². The molecule has 20 heavy (non-hydrogen) atoms. The quantitative estimate of drug-likeness (QED) is 0.776. The number of imidazole rings is 1. The molecule has 2 heterocycles. The van der Waals surface area contributed by atoms with Crippen LogP contribution in [0.4, 0.5) is 4.39 Å². The van der Waals surface area contributed by atoms with E-state index in [9.17, 15) is 9.50 Å². The summed E-state index contributed by atoms with van der Waals surface area (Å²) in [5, 5.41) is 9.99. The lowest BCUT2D eigenvalue weighted by atomic mass is 10.1. The summed E-state index contributed by atoms with van der Waals surface area (Å²) < 4.78 is 16.1. The number of phenolic OH excluding ortho intramolecular Hbond substituents is 1. The topological polar surface area (TPSA) is 50.9 Å². The van der Waals surface area contributed by atoms with Crippen molar-refractivity contribution in [3.63, 3.8) is 0 Å². The van der Waals surface area contributed by atoms with Crippen LogP contribution in [-0.4, -0.2) is 19.6 Å². The molecule has 100 valence electrons. The van der Waals surface area contributed by atoms with Crippen LogP contribution >= 0.6 is 0 Å². The second-order valence-electron chi connectivity index (χ2n) is 5.03. The maximum absolute atomic E-state index is 14.1. The molecule has 4 nitrogen and oxygen atoms in total. The lowest BCUT2D eigenvalue weighted by Crippen LogP contribution is -1.99. The second-order valence-corrected chi connectivity index (χ2v) is 5.03. The molecule has 1 aliphatic carbocycles. The zero-order valence-electron chi connectivity index (χ0n) is 10.6. The maximum atomic E-state index is 14.1. The minimum absolute atomic E-state index is 0.0878. The highest BCUT2D eigenvalue weighted by atomic mass is 19.1. The van der Waals surface area contributed by atoms with E-state index in [0.717, 1.165) is 23.9 Å². The second kappa shape index (κ2) is 4.03. The van der Waals surface area contributed by atoms with Crippen molar-refractivity contribution < 1.29 is 9.50 Å². The molecule has 1 fully saturated rings. The SMILES string of the molecule is Oc1cccc(F)c1-c1nc2cnccc2n1C1CC1. The van der Waals surface area contributed by atoms with E-state index < -0.39 is 5.82 Å². The van der Waals surface area contributed by atoms with E-state index >= 15 is 0 Å². The normalized spacial score (nSPS) is 14.8. The fourth-order valence-electron chi connectivity index (χ4n) is 2.56. The monoisotopic (exact) mass is 269 g/mol. The summed E-state index contributed by atoms with van der Waals surface area (Å²) in [6, 6.07) is 6.51. The van der Waals surface area contributed by atoms with Crippen molar-refractivity contribution in [2.75, 3.05) is 0 Å². The van der Waals surface area contributed by atoms with Gasteiger partial charge in [0.25, 0.3) is 0 Å². The zero-order chi connectivity index (χ0) is 13.7. The predicted octanol–water partition coefficient (Wildman–Crippen LogP) is 3.28. The summed E-state index contributed by atoms with van der Waals surface area (Å²) in [4.78, 5) is 8.52. The van der Waals surface area contributed by atoms with Gasteiger partial charge in [0, 0.05) is 12.2 Å².